The lowest BCUT2D eigenvalue weighted by molar-refractivity contribution is 0.130. The average Bonchev–Trinajstić information content (AvgIpc) is 3.03. The Labute approximate surface area is 146 Å². The van der Waals surface area contributed by atoms with E-state index in [1.807, 2.05) is 19.1 Å². The predicted octanol–water partition coefficient (Wildman–Crippen LogP) is 2.03. The maximum atomic E-state index is 11.6. The number of nitrogens with zero attached hydrogens (tertiary/aromatic N) is 4. The molecule has 3 rings (SSSR count). The van der Waals surface area contributed by atoms with Gasteiger partial charge >= 0.3 is 0 Å². The molecule has 130 valence electrons. The third-order valence-corrected chi connectivity index (χ3v) is 5.70. The van der Waals surface area contributed by atoms with E-state index in [0.717, 1.165) is 5.56 Å². The molecule has 0 saturated carbocycles. The van der Waals surface area contributed by atoms with Crippen molar-refractivity contribution in [2.45, 2.75) is 13.0 Å². The second-order valence-electron chi connectivity index (χ2n) is 5.83. The van der Waals surface area contributed by atoms with Crippen LogP contribution in [0.1, 0.15) is 18.9 Å². The molecule has 1 aromatic heterocycles. The Morgan fingerprint density at radius 3 is 2.54 bits per heavy atom. The highest BCUT2D eigenvalue weighted by atomic mass is 35.5. The zero-order valence-corrected chi connectivity index (χ0v) is 15.1. The van der Waals surface area contributed by atoms with Gasteiger partial charge in [-0.15, -0.1) is 10.2 Å². The number of hydrogen-bond donors (Lipinski definition) is 0. The first-order chi connectivity index (χ1) is 11.3. The Morgan fingerprint density at radius 2 is 1.92 bits per heavy atom. The summed E-state index contributed by atoms with van der Waals surface area (Å²) in [6, 6.07) is 7.17. The van der Waals surface area contributed by atoms with Crippen LogP contribution in [-0.2, 0) is 10.0 Å². The van der Waals surface area contributed by atoms with Crippen LogP contribution >= 0.6 is 11.6 Å². The van der Waals surface area contributed by atoms with Gasteiger partial charge in [-0.3, -0.25) is 4.90 Å². The molecule has 0 N–H and O–H groups in total. The molecule has 1 aromatic carbocycles. The van der Waals surface area contributed by atoms with Gasteiger partial charge < -0.3 is 4.42 Å². The van der Waals surface area contributed by atoms with E-state index < -0.39 is 10.0 Å². The van der Waals surface area contributed by atoms with Crippen molar-refractivity contribution in [2.24, 2.45) is 0 Å². The van der Waals surface area contributed by atoms with Gasteiger partial charge in [0.2, 0.25) is 21.8 Å². The minimum absolute atomic E-state index is 0.0767. The van der Waals surface area contributed by atoms with Crippen LogP contribution in [0, 0.1) is 0 Å². The highest BCUT2D eigenvalue weighted by Gasteiger charge is 2.28. The molecule has 1 aliphatic rings. The molecule has 0 unspecified atom stereocenters. The largest absolute Gasteiger partial charge is 0.419 e. The quantitative estimate of drug-likeness (QED) is 0.819. The molecular weight excluding hydrogens is 352 g/mol. The molecule has 7 nitrogen and oxygen atoms in total. The number of rotatable bonds is 4. The molecular formula is C15H19ClN4O3S. The third-order valence-electron chi connectivity index (χ3n) is 4.16. The minimum Gasteiger partial charge on any atom is -0.419 e. The second kappa shape index (κ2) is 6.79. The third kappa shape index (κ3) is 3.77. The highest BCUT2D eigenvalue weighted by molar-refractivity contribution is 7.88. The summed E-state index contributed by atoms with van der Waals surface area (Å²) in [7, 11) is -3.13. The van der Waals surface area contributed by atoms with Crippen LogP contribution in [0.3, 0.4) is 0 Å². The number of hydrogen-bond acceptors (Lipinski definition) is 6. The van der Waals surface area contributed by atoms with E-state index in [-0.39, 0.29) is 6.04 Å². The Kier molecular flexibility index (Phi) is 4.91. The molecule has 1 aliphatic heterocycles. The van der Waals surface area contributed by atoms with Crippen LogP contribution in [0.2, 0.25) is 5.02 Å². The molecule has 0 amide bonds. The standard InChI is InChI=1S/C15H19ClN4O3S/c1-11(19-6-8-20(9-7-19)24(2,21)22)14-17-18-15(23-14)12-4-3-5-13(16)10-12/h3-5,10-11H,6-9H2,1-2H3/t11-/m1/s1. The highest BCUT2D eigenvalue weighted by Crippen LogP contribution is 2.26. The summed E-state index contributed by atoms with van der Waals surface area (Å²) >= 11 is 5.98. The summed E-state index contributed by atoms with van der Waals surface area (Å²) in [6.07, 6.45) is 1.24. The molecule has 2 heterocycles. The van der Waals surface area contributed by atoms with Crippen LogP contribution < -0.4 is 0 Å². The van der Waals surface area contributed by atoms with Crippen molar-refractivity contribution < 1.29 is 12.8 Å². The Balaban J connectivity index is 1.70. The zero-order chi connectivity index (χ0) is 17.3. The predicted molar refractivity (Wildman–Crippen MR) is 91.1 cm³/mol. The van der Waals surface area contributed by atoms with Crippen molar-refractivity contribution in [3.8, 4) is 11.5 Å². The first kappa shape index (κ1) is 17.3. The second-order valence-corrected chi connectivity index (χ2v) is 8.25. The molecule has 24 heavy (non-hydrogen) atoms. The van der Waals surface area contributed by atoms with Crippen LogP contribution in [-0.4, -0.2) is 60.3 Å². The maximum absolute atomic E-state index is 11.6. The van der Waals surface area contributed by atoms with E-state index in [1.54, 1.807) is 12.1 Å². The molecule has 0 aliphatic carbocycles. The number of aromatic nitrogens is 2. The number of benzene rings is 1. The lowest BCUT2D eigenvalue weighted by Crippen LogP contribution is -2.48. The van der Waals surface area contributed by atoms with Crippen molar-refractivity contribution in [3.63, 3.8) is 0 Å². The van der Waals surface area contributed by atoms with Crippen molar-refractivity contribution in [1.29, 1.82) is 0 Å². The molecule has 1 fully saturated rings. The Morgan fingerprint density at radius 1 is 1.21 bits per heavy atom. The number of halogens is 1. The number of piperazine rings is 1. The van der Waals surface area contributed by atoms with Gasteiger partial charge in [-0.25, -0.2) is 8.42 Å². The Bertz CT molecular complexity index is 816. The lowest BCUT2D eigenvalue weighted by Gasteiger charge is -2.35. The lowest BCUT2D eigenvalue weighted by atomic mass is 10.2. The van der Waals surface area contributed by atoms with E-state index in [1.165, 1.54) is 10.6 Å². The zero-order valence-electron chi connectivity index (χ0n) is 13.5. The van der Waals surface area contributed by atoms with Gasteiger partial charge in [-0.2, -0.15) is 4.31 Å². The molecule has 0 spiro atoms. The van der Waals surface area contributed by atoms with Crippen molar-refractivity contribution in [1.82, 2.24) is 19.4 Å². The SMILES string of the molecule is C[C@H](c1nnc(-c2cccc(Cl)c2)o1)N1CCN(S(C)(=O)=O)CC1. The summed E-state index contributed by atoms with van der Waals surface area (Å²) in [5.41, 5.74) is 0.773. The monoisotopic (exact) mass is 370 g/mol. The molecule has 2 aromatic rings. The van der Waals surface area contributed by atoms with E-state index in [4.69, 9.17) is 16.0 Å². The summed E-state index contributed by atoms with van der Waals surface area (Å²) in [5.74, 6) is 0.937. The molecule has 1 saturated heterocycles. The van der Waals surface area contributed by atoms with Gasteiger partial charge in [0, 0.05) is 36.8 Å². The fraction of sp³-hybridized carbons (Fsp3) is 0.467. The van der Waals surface area contributed by atoms with Crippen LogP contribution in [0.15, 0.2) is 28.7 Å². The van der Waals surface area contributed by atoms with E-state index >= 15 is 0 Å². The summed E-state index contributed by atoms with van der Waals surface area (Å²) < 4.78 is 30.4. The van der Waals surface area contributed by atoms with Gasteiger partial charge in [-0.1, -0.05) is 17.7 Å². The average molecular weight is 371 g/mol. The topological polar surface area (TPSA) is 79.5 Å². The minimum atomic E-state index is -3.13. The van der Waals surface area contributed by atoms with Gasteiger partial charge in [0.15, 0.2) is 0 Å². The molecule has 0 radical (unpaired) electrons. The molecule has 0 bridgehead atoms. The fourth-order valence-corrected chi connectivity index (χ4v) is 3.74. The fourth-order valence-electron chi connectivity index (χ4n) is 2.72. The first-order valence-electron chi connectivity index (χ1n) is 7.63. The normalized spacial score (nSPS) is 18.6. The summed E-state index contributed by atoms with van der Waals surface area (Å²) in [4.78, 5) is 2.14. The smallest absolute Gasteiger partial charge is 0.247 e. The van der Waals surface area contributed by atoms with Gasteiger partial charge in [0.25, 0.3) is 0 Å². The van der Waals surface area contributed by atoms with Crippen molar-refractivity contribution in [2.75, 3.05) is 32.4 Å². The summed E-state index contributed by atoms with van der Waals surface area (Å²) in [5, 5.41) is 8.83. The van der Waals surface area contributed by atoms with E-state index in [0.29, 0.717) is 43.0 Å². The van der Waals surface area contributed by atoms with Crippen molar-refractivity contribution in [3.05, 3.63) is 35.2 Å². The van der Waals surface area contributed by atoms with Crippen LogP contribution in [0.4, 0.5) is 0 Å². The summed E-state index contributed by atoms with van der Waals surface area (Å²) in [6.45, 7) is 4.18. The van der Waals surface area contributed by atoms with Gasteiger partial charge in [-0.05, 0) is 25.1 Å². The van der Waals surface area contributed by atoms with Gasteiger partial charge in [0.1, 0.15) is 0 Å². The van der Waals surface area contributed by atoms with E-state index in [9.17, 15) is 8.42 Å². The van der Waals surface area contributed by atoms with Crippen molar-refractivity contribution >= 4 is 21.6 Å². The van der Waals surface area contributed by atoms with E-state index in [2.05, 4.69) is 15.1 Å². The maximum Gasteiger partial charge on any atom is 0.247 e. The Hall–Kier alpha value is -1.48. The molecule has 9 heteroatoms. The number of sulfonamides is 1. The van der Waals surface area contributed by atoms with Crippen LogP contribution in [0.25, 0.3) is 11.5 Å². The van der Waals surface area contributed by atoms with Gasteiger partial charge in [0.05, 0.1) is 12.3 Å². The van der Waals surface area contributed by atoms with Crippen LogP contribution in [0.5, 0.6) is 0 Å². The first-order valence-corrected chi connectivity index (χ1v) is 9.86. The molecule has 1 atom stereocenters.